The zero-order valence-corrected chi connectivity index (χ0v) is 5.73. The van der Waals surface area contributed by atoms with Gasteiger partial charge in [-0.1, -0.05) is 0 Å². The molecule has 1 rings (SSSR count). The van der Waals surface area contributed by atoms with Crippen LogP contribution in [-0.4, -0.2) is 32.4 Å². The lowest BCUT2D eigenvalue weighted by Gasteiger charge is -2.23. The molecule has 0 aromatic carbocycles. The molecule has 0 aliphatic carbocycles. The van der Waals surface area contributed by atoms with Gasteiger partial charge in [0, 0.05) is 12.8 Å². The summed E-state index contributed by atoms with van der Waals surface area (Å²) in [6.45, 7) is 0.275. The summed E-state index contributed by atoms with van der Waals surface area (Å²) in [5.74, 6) is -0.377. The molecule has 1 saturated heterocycles. The lowest BCUT2D eigenvalue weighted by molar-refractivity contribution is -0.124. The zero-order chi connectivity index (χ0) is 7.07. The normalized spacial score (nSPS) is 26.8. The van der Waals surface area contributed by atoms with Crippen molar-refractivity contribution in [3.05, 3.63) is 0 Å². The van der Waals surface area contributed by atoms with E-state index in [1.54, 1.807) is 0 Å². The van der Waals surface area contributed by atoms with E-state index < -0.39 is 15.1 Å². The first-order valence-electron chi connectivity index (χ1n) is 2.48. The summed E-state index contributed by atoms with van der Waals surface area (Å²) < 4.78 is 21.1. The standard InChI is InChI=1S/C4H7NO3S/c1-9(7,8)3-2-5-4(3)6/h3H,2H2,1H3,(H,5,6). The van der Waals surface area contributed by atoms with Crippen LogP contribution in [0.2, 0.25) is 0 Å². The molecule has 1 aliphatic rings. The third kappa shape index (κ3) is 1.05. The average molecular weight is 149 g/mol. The molecule has 1 heterocycles. The fraction of sp³-hybridized carbons (Fsp3) is 0.750. The maximum atomic E-state index is 10.6. The lowest BCUT2D eigenvalue weighted by atomic mass is 10.3. The first-order chi connectivity index (χ1) is 4.02. The molecule has 1 fully saturated rings. The molecule has 1 N–H and O–H groups in total. The Hall–Kier alpha value is -0.580. The van der Waals surface area contributed by atoms with Crippen molar-refractivity contribution in [2.24, 2.45) is 0 Å². The Morgan fingerprint density at radius 1 is 1.67 bits per heavy atom. The third-order valence-electron chi connectivity index (χ3n) is 1.27. The number of β-lactam (4-membered cyclic amide) rings is 1. The van der Waals surface area contributed by atoms with Crippen LogP contribution in [0.5, 0.6) is 0 Å². The summed E-state index contributed by atoms with van der Waals surface area (Å²) in [4.78, 5) is 10.4. The summed E-state index contributed by atoms with van der Waals surface area (Å²) in [5, 5.41) is 1.57. The van der Waals surface area contributed by atoms with E-state index in [9.17, 15) is 13.2 Å². The Balaban J connectivity index is 2.77. The molecule has 4 nitrogen and oxygen atoms in total. The van der Waals surface area contributed by atoms with Gasteiger partial charge in [-0.2, -0.15) is 0 Å². The van der Waals surface area contributed by atoms with Gasteiger partial charge in [-0.25, -0.2) is 8.42 Å². The van der Waals surface area contributed by atoms with E-state index in [4.69, 9.17) is 0 Å². The molecule has 9 heavy (non-hydrogen) atoms. The van der Waals surface area contributed by atoms with Crippen molar-refractivity contribution >= 4 is 15.7 Å². The van der Waals surface area contributed by atoms with Gasteiger partial charge in [-0.3, -0.25) is 4.79 Å². The van der Waals surface area contributed by atoms with Crippen LogP contribution in [0.3, 0.4) is 0 Å². The quantitative estimate of drug-likeness (QED) is 0.463. The van der Waals surface area contributed by atoms with Crippen molar-refractivity contribution in [2.75, 3.05) is 12.8 Å². The van der Waals surface area contributed by atoms with Gasteiger partial charge in [0.05, 0.1) is 0 Å². The van der Waals surface area contributed by atoms with E-state index in [0.29, 0.717) is 0 Å². The molecule has 1 atom stereocenters. The van der Waals surface area contributed by atoms with Gasteiger partial charge in [-0.15, -0.1) is 0 Å². The van der Waals surface area contributed by atoms with Gasteiger partial charge in [0.2, 0.25) is 5.91 Å². The van der Waals surface area contributed by atoms with Crippen LogP contribution in [0.1, 0.15) is 0 Å². The van der Waals surface area contributed by atoms with Crippen molar-refractivity contribution in [3.8, 4) is 0 Å². The van der Waals surface area contributed by atoms with Crippen LogP contribution in [0.15, 0.2) is 0 Å². The maximum Gasteiger partial charge on any atom is 0.240 e. The molecule has 1 amide bonds. The number of carbonyl (C=O) groups excluding carboxylic acids is 1. The highest BCUT2D eigenvalue weighted by Crippen LogP contribution is 2.04. The highest BCUT2D eigenvalue weighted by Gasteiger charge is 2.36. The summed E-state index contributed by atoms with van der Waals surface area (Å²) in [6, 6.07) is 0. The number of nitrogens with one attached hydrogen (secondary N) is 1. The van der Waals surface area contributed by atoms with E-state index in [1.165, 1.54) is 0 Å². The molecule has 1 aliphatic heterocycles. The smallest absolute Gasteiger partial charge is 0.240 e. The minimum atomic E-state index is -3.13. The molecule has 0 aromatic heterocycles. The first kappa shape index (κ1) is 6.54. The van der Waals surface area contributed by atoms with Crippen LogP contribution in [0, 0.1) is 0 Å². The molecule has 0 aromatic rings. The van der Waals surface area contributed by atoms with Crippen molar-refractivity contribution in [2.45, 2.75) is 5.25 Å². The van der Waals surface area contributed by atoms with Gasteiger partial charge in [-0.05, 0) is 0 Å². The first-order valence-corrected chi connectivity index (χ1v) is 4.44. The number of hydrogen-bond acceptors (Lipinski definition) is 3. The van der Waals surface area contributed by atoms with Gasteiger partial charge >= 0.3 is 0 Å². The number of rotatable bonds is 1. The SMILES string of the molecule is CS(=O)(=O)C1CNC1=O. The largest absolute Gasteiger partial charge is 0.353 e. The number of hydrogen-bond donors (Lipinski definition) is 1. The molecule has 0 saturated carbocycles. The average Bonchev–Trinajstić information content (AvgIpc) is 1.57. The zero-order valence-electron chi connectivity index (χ0n) is 4.92. The Labute approximate surface area is 53.2 Å². The van der Waals surface area contributed by atoms with Gasteiger partial charge in [0.1, 0.15) is 0 Å². The number of carbonyl (C=O) groups is 1. The lowest BCUT2D eigenvalue weighted by Crippen LogP contribution is -2.56. The second kappa shape index (κ2) is 1.70. The van der Waals surface area contributed by atoms with E-state index in [2.05, 4.69) is 5.32 Å². The Morgan fingerprint density at radius 2 is 2.22 bits per heavy atom. The predicted molar refractivity (Wildman–Crippen MR) is 31.6 cm³/mol. The molecule has 0 bridgehead atoms. The van der Waals surface area contributed by atoms with Crippen molar-refractivity contribution in [1.29, 1.82) is 0 Å². The molecule has 52 valence electrons. The highest BCUT2D eigenvalue weighted by molar-refractivity contribution is 7.92. The Kier molecular flexibility index (Phi) is 1.23. The second-order valence-corrected chi connectivity index (χ2v) is 4.29. The summed E-state index contributed by atoms with van der Waals surface area (Å²) in [7, 11) is -3.13. The summed E-state index contributed by atoms with van der Waals surface area (Å²) >= 11 is 0. The molecule has 0 radical (unpaired) electrons. The maximum absolute atomic E-state index is 10.6. The van der Waals surface area contributed by atoms with Crippen LogP contribution in [0.25, 0.3) is 0 Å². The fourth-order valence-corrected chi connectivity index (χ4v) is 1.47. The summed E-state index contributed by atoms with van der Waals surface area (Å²) in [6.07, 6.45) is 1.07. The van der Waals surface area contributed by atoms with Crippen LogP contribution < -0.4 is 5.32 Å². The number of sulfone groups is 1. The minimum Gasteiger partial charge on any atom is -0.353 e. The molecule has 5 heteroatoms. The second-order valence-electron chi connectivity index (χ2n) is 2.06. The fourth-order valence-electron chi connectivity index (χ4n) is 0.615. The Bertz CT molecular complexity index is 230. The monoisotopic (exact) mass is 149 g/mol. The van der Waals surface area contributed by atoms with Crippen molar-refractivity contribution in [1.82, 2.24) is 5.32 Å². The molecular weight excluding hydrogens is 142 g/mol. The number of amides is 1. The van der Waals surface area contributed by atoms with Crippen LogP contribution in [-0.2, 0) is 14.6 Å². The topological polar surface area (TPSA) is 63.2 Å². The van der Waals surface area contributed by atoms with E-state index in [-0.39, 0.29) is 12.5 Å². The predicted octanol–water partition coefficient (Wildman–Crippen LogP) is -1.47. The van der Waals surface area contributed by atoms with Crippen molar-refractivity contribution in [3.63, 3.8) is 0 Å². The molecule has 1 unspecified atom stereocenters. The van der Waals surface area contributed by atoms with Crippen molar-refractivity contribution < 1.29 is 13.2 Å². The summed E-state index contributed by atoms with van der Waals surface area (Å²) in [5.41, 5.74) is 0. The highest BCUT2D eigenvalue weighted by atomic mass is 32.2. The minimum absolute atomic E-state index is 0.275. The van der Waals surface area contributed by atoms with Gasteiger partial charge in [0.25, 0.3) is 0 Å². The van der Waals surface area contributed by atoms with Crippen LogP contribution in [0.4, 0.5) is 0 Å². The van der Waals surface area contributed by atoms with E-state index >= 15 is 0 Å². The van der Waals surface area contributed by atoms with Crippen LogP contribution >= 0.6 is 0 Å². The van der Waals surface area contributed by atoms with Gasteiger partial charge < -0.3 is 5.32 Å². The van der Waals surface area contributed by atoms with E-state index in [1.807, 2.05) is 0 Å². The van der Waals surface area contributed by atoms with E-state index in [0.717, 1.165) is 6.26 Å². The molecule has 0 spiro atoms. The third-order valence-corrected chi connectivity index (χ3v) is 2.69. The molecular formula is C4H7NO3S. The van der Waals surface area contributed by atoms with Gasteiger partial charge in [0.15, 0.2) is 15.1 Å². The Morgan fingerprint density at radius 3 is 2.22 bits per heavy atom.